The first-order valence-electron chi connectivity index (χ1n) is 8.85. The number of anilines is 2. The van der Waals surface area contributed by atoms with E-state index in [4.69, 9.17) is 0 Å². The van der Waals surface area contributed by atoms with Gasteiger partial charge in [0.1, 0.15) is 11.5 Å². The lowest BCUT2D eigenvalue weighted by atomic mass is 10.2. The van der Waals surface area contributed by atoms with Crippen LogP contribution in [0, 0.1) is 5.82 Å². The lowest BCUT2D eigenvalue weighted by molar-refractivity contribution is 0.102. The van der Waals surface area contributed by atoms with Crippen molar-refractivity contribution in [2.24, 2.45) is 0 Å². The van der Waals surface area contributed by atoms with Gasteiger partial charge in [0.25, 0.3) is 5.91 Å². The van der Waals surface area contributed by atoms with E-state index in [-0.39, 0.29) is 17.8 Å². The fourth-order valence-corrected chi connectivity index (χ4v) is 3.23. The highest BCUT2D eigenvalue weighted by molar-refractivity contribution is 7.98. The number of nitrogens with zero attached hydrogens (tertiary/aromatic N) is 2. The summed E-state index contributed by atoms with van der Waals surface area (Å²) in [6.07, 6.45) is 3.32. The molecule has 7 nitrogen and oxygen atoms in total. The van der Waals surface area contributed by atoms with Gasteiger partial charge in [-0.05, 0) is 55.6 Å². The maximum absolute atomic E-state index is 13.3. The highest BCUT2D eigenvalue weighted by Gasteiger charge is 2.18. The lowest BCUT2D eigenvalue weighted by Gasteiger charge is -2.12. The molecule has 0 bridgehead atoms. The van der Waals surface area contributed by atoms with E-state index >= 15 is 0 Å². The number of imidazole rings is 1. The minimum Gasteiger partial charge on any atom is -0.338 e. The number of hydrogen-bond acceptors (Lipinski definition) is 4. The Labute approximate surface area is 171 Å². The molecule has 0 atom stereocenters. The molecule has 2 aromatic carbocycles. The Balaban J connectivity index is 1.84. The molecule has 3 aromatic rings. The van der Waals surface area contributed by atoms with Crippen LogP contribution in [0.1, 0.15) is 17.4 Å². The van der Waals surface area contributed by atoms with Crippen molar-refractivity contribution in [1.82, 2.24) is 14.9 Å². The van der Waals surface area contributed by atoms with E-state index in [1.54, 1.807) is 41.0 Å². The molecule has 29 heavy (non-hydrogen) atoms. The number of halogens is 1. The first-order chi connectivity index (χ1) is 14.0. The Morgan fingerprint density at radius 2 is 1.79 bits per heavy atom. The zero-order valence-electron chi connectivity index (χ0n) is 15.9. The minimum atomic E-state index is -0.378. The third-order valence-electron chi connectivity index (χ3n) is 3.95. The van der Waals surface area contributed by atoms with Gasteiger partial charge < -0.3 is 16.0 Å². The SMILES string of the molecule is CCNC(=O)Nc1cccc(NC(=O)c2cnc(SC)n2-c2ccc(F)cc2)c1. The number of carbonyl (C=O) groups excluding carboxylic acids is 2. The second-order valence-electron chi connectivity index (χ2n) is 5.96. The van der Waals surface area contributed by atoms with Crippen molar-refractivity contribution in [3.8, 4) is 5.69 Å². The number of urea groups is 1. The number of nitrogens with one attached hydrogen (secondary N) is 3. The summed E-state index contributed by atoms with van der Waals surface area (Å²) in [5.41, 5.74) is 2.00. The predicted molar refractivity (Wildman–Crippen MR) is 112 cm³/mol. The van der Waals surface area contributed by atoms with Gasteiger partial charge in [0.2, 0.25) is 0 Å². The average molecular weight is 413 g/mol. The van der Waals surface area contributed by atoms with Gasteiger partial charge in [0, 0.05) is 23.6 Å². The second-order valence-corrected chi connectivity index (χ2v) is 6.73. The van der Waals surface area contributed by atoms with Crippen molar-refractivity contribution in [1.29, 1.82) is 0 Å². The molecular weight excluding hydrogens is 393 g/mol. The monoisotopic (exact) mass is 413 g/mol. The third kappa shape index (κ3) is 4.94. The van der Waals surface area contributed by atoms with Gasteiger partial charge in [0.15, 0.2) is 5.16 Å². The summed E-state index contributed by atoms with van der Waals surface area (Å²) in [6, 6.07) is 12.3. The molecule has 0 fully saturated rings. The number of aromatic nitrogens is 2. The van der Waals surface area contributed by atoms with Crippen LogP contribution in [-0.2, 0) is 0 Å². The first kappa shape index (κ1) is 20.4. The van der Waals surface area contributed by atoms with Gasteiger partial charge in [-0.25, -0.2) is 14.2 Å². The summed E-state index contributed by atoms with van der Waals surface area (Å²) >= 11 is 1.38. The van der Waals surface area contributed by atoms with E-state index in [0.29, 0.717) is 34.5 Å². The molecule has 3 rings (SSSR count). The molecule has 0 saturated carbocycles. The molecule has 0 spiro atoms. The number of rotatable bonds is 6. The standard InChI is InChI=1S/C20H20FN5O2S/c1-3-22-19(28)25-15-6-4-5-14(11-15)24-18(27)17-12-23-20(29-2)26(17)16-9-7-13(21)8-10-16/h4-12H,3H2,1-2H3,(H,24,27)(H2,22,25,28). The van der Waals surface area contributed by atoms with Crippen LogP contribution in [0.2, 0.25) is 0 Å². The summed E-state index contributed by atoms with van der Waals surface area (Å²) in [5.74, 6) is -0.737. The second kappa shape index (κ2) is 9.24. The molecule has 1 aromatic heterocycles. The summed E-state index contributed by atoms with van der Waals surface area (Å²) in [6.45, 7) is 2.33. The van der Waals surface area contributed by atoms with E-state index < -0.39 is 0 Å². The molecule has 0 saturated heterocycles. The largest absolute Gasteiger partial charge is 0.338 e. The van der Waals surface area contributed by atoms with Crippen LogP contribution in [0.25, 0.3) is 5.69 Å². The highest BCUT2D eigenvalue weighted by Crippen LogP contribution is 2.23. The normalized spacial score (nSPS) is 10.4. The van der Waals surface area contributed by atoms with E-state index in [2.05, 4.69) is 20.9 Å². The molecule has 0 aliphatic rings. The van der Waals surface area contributed by atoms with Crippen LogP contribution in [-0.4, -0.2) is 34.3 Å². The zero-order valence-corrected chi connectivity index (χ0v) is 16.7. The van der Waals surface area contributed by atoms with Crippen molar-refractivity contribution in [2.45, 2.75) is 12.1 Å². The lowest BCUT2D eigenvalue weighted by Crippen LogP contribution is -2.28. The summed E-state index contributed by atoms with van der Waals surface area (Å²) in [5, 5.41) is 8.75. The van der Waals surface area contributed by atoms with E-state index in [1.807, 2.05) is 13.2 Å². The quantitative estimate of drug-likeness (QED) is 0.530. The van der Waals surface area contributed by atoms with Gasteiger partial charge in [-0.3, -0.25) is 9.36 Å². The van der Waals surface area contributed by atoms with E-state index in [0.717, 1.165) is 0 Å². The van der Waals surface area contributed by atoms with Crippen LogP contribution >= 0.6 is 11.8 Å². The molecule has 0 aliphatic heterocycles. The number of thioether (sulfide) groups is 1. The van der Waals surface area contributed by atoms with Gasteiger partial charge in [-0.2, -0.15) is 0 Å². The van der Waals surface area contributed by atoms with Gasteiger partial charge >= 0.3 is 6.03 Å². The van der Waals surface area contributed by atoms with Gasteiger partial charge in [-0.1, -0.05) is 17.8 Å². The molecule has 3 N–H and O–H groups in total. The van der Waals surface area contributed by atoms with E-state index in [9.17, 15) is 14.0 Å². The molecule has 0 unspecified atom stereocenters. The first-order valence-corrected chi connectivity index (χ1v) is 10.1. The van der Waals surface area contributed by atoms with E-state index in [1.165, 1.54) is 30.1 Å². The summed E-state index contributed by atoms with van der Waals surface area (Å²) in [7, 11) is 0. The number of amides is 3. The van der Waals surface area contributed by atoms with Crippen molar-refractivity contribution in [2.75, 3.05) is 23.4 Å². The maximum Gasteiger partial charge on any atom is 0.319 e. The van der Waals surface area contributed by atoms with Gasteiger partial charge in [0.05, 0.1) is 6.20 Å². The Bertz CT molecular complexity index is 1020. The zero-order chi connectivity index (χ0) is 20.8. The average Bonchev–Trinajstić information content (AvgIpc) is 3.13. The number of benzene rings is 2. The number of hydrogen-bond donors (Lipinski definition) is 3. The topological polar surface area (TPSA) is 88.1 Å². The fraction of sp³-hybridized carbons (Fsp3) is 0.150. The molecule has 150 valence electrons. The van der Waals surface area contributed by atoms with Crippen LogP contribution in [0.15, 0.2) is 59.9 Å². The van der Waals surface area contributed by atoms with Gasteiger partial charge in [-0.15, -0.1) is 0 Å². The summed E-state index contributed by atoms with van der Waals surface area (Å²) < 4.78 is 15.0. The molecule has 0 radical (unpaired) electrons. The van der Waals surface area contributed by atoms with Crippen molar-refractivity contribution in [3.63, 3.8) is 0 Å². The predicted octanol–water partition coefficient (Wildman–Crippen LogP) is 4.13. The fourth-order valence-electron chi connectivity index (χ4n) is 2.68. The Kier molecular flexibility index (Phi) is 6.50. The van der Waals surface area contributed by atoms with Crippen LogP contribution in [0.4, 0.5) is 20.6 Å². The molecule has 0 aliphatic carbocycles. The van der Waals surface area contributed by atoms with Crippen molar-refractivity contribution >= 4 is 35.1 Å². The van der Waals surface area contributed by atoms with Crippen molar-refractivity contribution < 1.29 is 14.0 Å². The molecule has 1 heterocycles. The Hall–Kier alpha value is -3.33. The Morgan fingerprint density at radius 1 is 1.10 bits per heavy atom. The molecule has 9 heteroatoms. The summed E-state index contributed by atoms with van der Waals surface area (Å²) in [4.78, 5) is 28.8. The highest BCUT2D eigenvalue weighted by atomic mass is 32.2. The molecular formula is C20H20FN5O2S. The number of carbonyl (C=O) groups is 2. The maximum atomic E-state index is 13.3. The van der Waals surface area contributed by atoms with Crippen LogP contribution in [0.5, 0.6) is 0 Å². The van der Waals surface area contributed by atoms with Crippen LogP contribution in [0.3, 0.4) is 0 Å². The molecule has 3 amide bonds. The van der Waals surface area contributed by atoms with Crippen LogP contribution < -0.4 is 16.0 Å². The Morgan fingerprint density at radius 3 is 2.45 bits per heavy atom. The third-order valence-corrected chi connectivity index (χ3v) is 4.60. The minimum absolute atomic E-state index is 0.308. The van der Waals surface area contributed by atoms with Crippen molar-refractivity contribution in [3.05, 3.63) is 66.2 Å². The smallest absolute Gasteiger partial charge is 0.319 e.